The van der Waals surface area contributed by atoms with Crippen molar-refractivity contribution in [1.82, 2.24) is 29.4 Å². The fraction of sp³-hybridized carbons (Fsp3) is 0.419. The van der Waals surface area contributed by atoms with E-state index in [9.17, 15) is 35.1 Å². The molecule has 3 aliphatic rings. The molecule has 4 heterocycles. The third-order valence-corrected chi connectivity index (χ3v) is 11.7. The fourth-order valence-electron chi connectivity index (χ4n) is 8.12. The van der Waals surface area contributed by atoms with Gasteiger partial charge in [0.05, 0.1) is 29.2 Å². The highest BCUT2D eigenvalue weighted by molar-refractivity contribution is 6.30. The van der Waals surface area contributed by atoms with E-state index in [4.69, 9.17) is 26.2 Å². The molecule has 1 aliphatic carbocycles. The number of carboxylic acids is 1. The molecule has 1 fully saturated rings. The Labute approximate surface area is 356 Å². The first kappa shape index (κ1) is 42.1. The molecule has 0 bridgehead atoms. The van der Waals surface area contributed by atoms with E-state index in [0.29, 0.717) is 90.7 Å². The zero-order valence-corrected chi connectivity index (χ0v) is 35.0. The smallest absolute Gasteiger partial charge is 0.335 e. The second-order valence-corrected chi connectivity index (χ2v) is 17.2. The second kappa shape index (κ2) is 16.7. The molecule has 2 amide bonds. The number of phenolic OH excluding ortho intramolecular Hbond substituents is 1. The monoisotopic (exact) mass is 856 g/mol. The predicted molar refractivity (Wildman–Crippen MR) is 224 cm³/mol. The van der Waals surface area contributed by atoms with Crippen LogP contribution in [-0.2, 0) is 40.9 Å². The molecule has 3 aromatic carbocycles. The zero-order valence-electron chi connectivity index (χ0n) is 34.2. The number of urea groups is 1. The van der Waals surface area contributed by atoms with Crippen LogP contribution in [-0.4, -0.2) is 117 Å². The number of rotatable bonds is 10. The molecule has 61 heavy (non-hydrogen) atoms. The van der Waals surface area contributed by atoms with Gasteiger partial charge in [-0.25, -0.2) is 14.3 Å². The van der Waals surface area contributed by atoms with Crippen LogP contribution in [0.4, 0.5) is 16.3 Å². The van der Waals surface area contributed by atoms with E-state index in [1.54, 1.807) is 35.0 Å². The van der Waals surface area contributed by atoms with E-state index in [1.807, 2.05) is 56.5 Å². The summed E-state index contributed by atoms with van der Waals surface area (Å²) >= 11 is 6.19. The third kappa shape index (κ3) is 8.28. The van der Waals surface area contributed by atoms with Gasteiger partial charge in [-0.2, -0.15) is 5.10 Å². The topological polar surface area (TPSA) is 221 Å². The lowest BCUT2D eigenvalue weighted by molar-refractivity contribution is -0.225. The van der Waals surface area contributed by atoms with Gasteiger partial charge in [-0.05, 0) is 79.8 Å². The maximum absolute atomic E-state index is 14.8. The van der Waals surface area contributed by atoms with Crippen LogP contribution >= 0.6 is 11.6 Å². The van der Waals surface area contributed by atoms with E-state index >= 15 is 0 Å². The summed E-state index contributed by atoms with van der Waals surface area (Å²) in [4.78, 5) is 30.3. The number of fused-ring (bicyclic) bond motifs is 2. The Bertz CT molecular complexity index is 2450. The molecule has 0 saturated carbocycles. The Balaban J connectivity index is 1.07. The highest BCUT2D eigenvalue weighted by Crippen LogP contribution is 2.41. The molecule has 2 aliphatic heterocycles. The number of aryl methyl sites for hydroxylation is 1. The molecule has 5 atom stereocenters. The first-order valence-corrected chi connectivity index (χ1v) is 20.6. The van der Waals surface area contributed by atoms with Gasteiger partial charge in [0.2, 0.25) is 0 Å². The molecule has 2 aromatic heterocycles. The van der Waals surface area contributed by atoms with Crippen molar-refractivity contribution in [2.75, 3.05) is 29.9 Å². The Morgan fingerprint density at radius 3 is 2.46 bits per heavy atom. The summed E-state index contributed by atoms with van der Waals surface area (Å²) in [6.07, 6.45) is -7.58. The average Bonchev–Trinajstić information content (AvgIpc) is 3.99. The summed E-state index contributed by atoms with van der Waals surface area (Å²) < 4.78 is 15.8. The molecule has 1 saturated heterocycles. The van der Waals surface area contributed by atoms with Crippen molar-refractivity contribution in [3.05, 3.63) is 93.9 Å². The van der Waals surface area contributed by atoms with Crippen LogP contribution in [0.5, 0.6) is 11.5 Å². The molecular weight excluding hydrogens is 808 g/mol. The normalized spacial score (nSPS) is 21.5. The fourth-order valence-corrected chi connectivity index (χ4v) is 8.29. The minimum atomic E-state index is -1.96. The number of aliphatic carboxylic acids is 1. The van der Waals surface area contributed by atoms with Gasteiger partial charge in [0.1, 0.15) is 48.1 Å². The molecule has 0 spiro atoms. The minimum absolute atomic E-state index is 0.0706. The van der Waals surface area contributed by atoms with E-state index in [0.717, 1.165) is 33.8 Å². The number of carbonyl (C=O) groups excluding carboxylic acids is 1. The standard InChI is InChI=1S/C43H49ClN8O9/c1-23-8-11-25(12-9-23)52-33(21-32(48-52)43(2,3)4)45-42(59)51(40-37(56)35(54)36(55)38(61-40)41(57)58)29-13-15-31(27-7-5-6-26(27)29)60-19-18-49-16-17-50-34(22-49)46-47-39(50)28-20-24(44)10-14-30(28)53/h8-15,20-21,35-38,40,53-56H,5-7,16-19,22H2,1-4H3,(H,45,59)(H,57,58). The van der Waals surface area contributed by atoms with Gasteiger partial charge in [0.15, 0.2) is 18.2 Å². The number of aliphatic hydroxyl groups is 3. The first-order valence-electron chi connectivity index (χ1n) is 20.2. The summed E-state index contributed by atoms with van der Waals surface area (Å²) in [5.74, 6) is 0.713. The van der Waals surface area contributed by atoms with Crippen LogP contribution in [0.2, 0.25) is 5.02 Å². The van der Waals surface area contributed by atoms with Crippen molar-refractivity contribution in [2.24, 2.45) is 0 Å². The molecule has 5 aromatic rings. The van der Waals surface area contributed by atoms with Gasteiger partial charge in [-0.3, -0.25) is 15.1 Å². The maximum Gasteiger partial charge on any atom is 0.335 e. The van der Waals surface area contributed by atoms with Crippen molar-refractivity contribution < 1.29 is 44.6 Å². The molecule has 17 nitrogen and oxygen atoms in total. The number of halogens is 1. The molecular formula is C43H49ClN8O9. The number of aromatic hydroxyl groups is 1. The average molecular weight is 857 g/mol. The third-order valence-electron chi connectivity index (χ3n) is 11.5. The van der Waals surface area contributed by atoms with Crippen LogP contribution in [0, 0.1) is 6.92 Å². The molecule has 18 heteroatoms. The number of ether oxygens (including phenoxy) is 2. The van der Waals surface area contributed by atoms with Crippen molar-refractivity contribution in [3.63, 3.8) is 0 Å². The quantitative estimate of drug-likeness (QED) is 0.115. The number of nitrogens with one attached hydrogen (secondary N) is 1. The Morgan fingerprint density at radius 2 is 1.72 bits per heavy atom. The van der Waals surface area contributed by atoms with Crippen LogP contribution in [0.25, 0.3) is 17.1 Å². The SMILES string of the molecule is Cc1ccc(-n2nc(C(C)(C)C)cc2NC(=O)N(c2ccc(OCCN3CCn4c(nnc4-c4cc(Cl)ccc4O)C3)c3c2CCC3)C2OC(C(=O)O)C(O)C(O)C2O)cc1. The van der Waals surface area contributed by atoms with Gasteiger partial charge >= 0.3 is 12.0 Å². The molecule has 322 valence electrons. The predicted octanol–water partition coefficient (Wildman–Crippen LogP) is 4.41. The minimum Gasteiger partial charge on any atom is -0.507 e. The summed E-state index contributed by atoms with van der Waals surface area (Å²) in [6.45, 7) is 10.6. The molecule has 5 unspecified atom stereocenters. The second-order valence-electron chi connectivity index (χ2n) is 16.7. The van der Waals surface area contributed by atoms with Crippen LogP contribution in [0.15, 0.2) is 60.7 Å². The van der Waals surface area contributed by atoms with Gasteiger partial charge in [-0.15, -0.1) is 10.2 Å². The number of aromatic nitrogens is 5. The van der Waals surface area contributed by atoms with Crippen molar-refractivity contribution in [3.8, 4) is 28.6 Å². The molecule has 6 N–H and O–H groups in total. The number of benzene rings is 3. The van der Waals surface area contributed by atoms with Gasteiger partial charge in [0, 0.05) is 36.1 Å². The largest absolute Gasteiger partial charge is 0.507 e. The van der Waals surface area contributed by atoms with E-state index in [-0.39, 0.29) is 5.75 Å². The lowest BCUT2D eigenvalue weighted by Crippen LogP contribution is -2.65. The Kier molecular flexibility index (Phi) is 11.5. The lowest BCUT2D eigenvalue weighted by Gasteiger charge is -2.44. The van der Waals surface area contributed by atoms with E-state index in [1.165, 1.54) is 6.07 Å². The van der Waals surface area contributed by atoms with Gasteiger partial charge in [0.25, 0.3) is 0 Å². The zero-order chi connectivity index (χ0) is 43.3. The molecule has 0 radical (unpaired) electrons. The van der Waals surface area contributed by atoms with Crippen molar-refractivity contribution in [1.29, 1.82) is 0 Å². The first-order chi connectivity index (χ1) is 29.1. The van der Waals surface area contributed by atoms with Crippen LogP contribution < -0.4 is 15.0 Å². The van der Waals surface area contributed by atoms with Crippen LogP contribution in [0.3, 0.4) is 0 Å². The summed E-state index contributed by atoms with van der Waals surface area (Å²) in [7, 11) is 0. The highest BCUT2D eigenvalue weighted by atomic mass is 35.5. The summed E-state index contributed by atoms with van der Waals surface area (Å²) in [6, 6.07) is 16.8. The van der Waals surface area contributed by atoms with E-state index < -0.39 is 48.1 Å². The highest BCUT2D eigenvalue weighted by Gasteiger charge is 2.51. The Morgan fingerprint density at radius 1 is 0.967 bits per heavy atom. The number of carbonyl (C=O) groups is 2. The number of hydrogen-bond donors (Lipinski definition) is 6. The number of aliphatic hydroxyl groups excluding tert-OH is 3. The number of amides is 2. The molecule has 8 rings (SSSR count). The number of nitrogens with zero attached hydrogens (tertiary/aromatic N) is 7. The summed E-state index contributed by atoms with van der Waals surface area (Å²) in [5, 5.41) is 70.3. The van der Waals surface area contributed by atoms with Crippen molar-refractivity contribution >= 4 is 35.1 Å². The van der Waals surface area contributed by atoms with Gasteiger partial charge in [-0.1, -0.05) is 50.1 Å². The van der Waals surface area contributed by atoms with Gasteiger partial charge < -0.3 is 39.6 Å². The number of carboxylic acid groups (broad SMARTS) is 1. The number of hydrogen-bond acceptors (Lipinski definition) is 12. The maximum atomic E-state index is 14.8. The lowest BCUT2D eigenvalue weighted by atomic mass is 9.92. The number of anilines is 2. The van der Waals surface area contributed by atoms with E-state index in [2.05, 4.69) is 20.4 Å². The Hall–Kier alpha value is -5.56. The summed E-state index contributed by atoms with van der Waals surface area (Å²) in [5.41, 5.74) is 4.42. The van der Waals surface area contributed by atoms with Crippen LogP contribution in [0.1, 0.15) is 55.4 Å². The number of phenols is 1. The van der Waals surface area contributed by atoms with Crippen molar-refractivity contribution in [2.45, 2.75) is 96.1 Å².